The predicted octanol–water partition coefficient (Wildman–Crippen LogP) is 1.39. The Kier molecular flexibility index (Phi) is 5.01. The van der Waals surface area contributed by atoms with Crippen LogP contribution in [0.25, 0.3) is 0 Å². The molecular weight excluding hydrogens is 228 g/mol. The molecule has 0 bridgehead atoms. The minimum absolute atomic E-state index is 0.105. The van der Waals surface area contributed by atoms with Gasteiger partial charge in [0.15, 0.2) is 0 Å². The first-order valence-electron chi connectivity index (χ1n) is 7.33. The average Bonchev–Trinajstić information content (AvgIpc) is 2.41. The zero-order chi connectivity index (χ0) is 13.0. The summed E-state index contributed by atoms with van der Waals surface area (Å²) in [7, 11) is 0. The second kappa shape index (κ2) is 6.53. The van der Waals surface area contributed by atoms with Gasteiger partial charge in [0.25, 0.3) is 0 Å². The van der Waals surface area contributed by atoms with E-state index in [-0.39, 0.29) is 11.8 Å². The lowest BCUT2D eigenvalue weighted by Gasteiger charge is -2.41. The number of hydrogen-bond acceptors (Lipinski definition) is 3. The van der Waals surface area contributed by atoms with Gasteiger partial charge in [0.2, 0.25) is 5.91 Å². The molecule has 4 heteroatoms. The van der Waals surface area contributed by atoms with Crippen molar-refractivity contribution < 1.29 is 9.53 Å². The van der Waals surface area contributed by atoms with E-state index in [4.69, 9.17) is 10.5 Å². The number of hydrogen-bond donors (Lipinski definition) is 1. The zero-order valence-electron chi connectivity index (χ0n) is 11.4. The van der Waals surface area contributed by atoms with E-state index in [1.807, 2.05) is 0 Å². The van der Waals surface area contributed by atoms with Crippen molar-refractivity contribution in [3.63, 3.8) is 0 Å². The molecule has 1 amide bonds. The Hall–Kier alpha value is -0.610. The van der Waals surface area contributed by atoms with E-state index < -0.39 is 0 Å². The van der Waals surface area contributed by atoms with Crippen molar-refractivity contribution in [3.05, 3.63) is 0 Å². The number of amides is 1. The first kappa shape index (κ1) is 13.8. The Morgan fingerprint density at radius 3 is 2.39 bits per heavy atom. The Labute approximate surface area is 110 Å². The summed E-state index contributed by atoms with van der Waals surface area (Å²) in [5.74, 6) is 0.760. The fraction of sp³-hybridized carbons (Fsp3) is 0.929. The number of piperidine rings is 1. The van der Waals surface area contributed by atoms with Crippen molar-refractivity contribution in [3.8, 4) is 0 Å². The highest BCUT2D eigenvalue weighted by Crippen LogP contribution is 2.28. The quantitative estimate of drug-likeness (QED) is 0.825. The van der Waals surface area contributed by atoms with Crippen molar-refractivity contribution >= 4 is 5.91 Å². The lowest BCUT2D eigenvalue weighted by molar-refractivity contribution is -0.123. The number of nitrogens with zero attached hydrogens (tertiary/aromatic N) is 1. The van der Waals surface area contributed by atoms with E-state index in [2.05, 4.69) is 11.8 Å². The number of primary amides is 1. The summed E-state index contributed by atoms with van der Waals surface area (Å²) in [4.78, 5) is 13.8. The number of rotatable bonds is 4. The van der Waals surface area contributed by atoms with E-state index in [0.717, 1.165) is 45.1 Å². The molecule has 0 spiro atoms. The van der Waals surface area contributed by atoms with E-state index in [1.165, 1.54) is 19.3 Å². The van der Waals surface area contributed by atoms with Crippen molar-refractivity contribution in [2.24, 2.45) is 17.6 Å². The molecule has 0 aromatic heterocycles. The summed E-state index contributed by atoms with van der Waals surface area (Å²) in [6, 6.07) is 0.669. The number of ether oxygens (including phenoxy) is 1. The average molecular weight is 254 g/mol. The topological polar surface area (TPSA) is 55.6 Å². The third kappa shape index (κ3) is 3.23. The van der Waals surface area contributed by atoms with Gasteiger partial charge < -0.3 is 15.4 Å². The molecule has 1 unspecified atom stereocenters. The molecule has 0 aliphatic carbocycles. The van der Waals surface area contributed by atoms with Gasteiger partial charge in [-0.1, -0.05) is 6.92 Å². The lowest BCUT2D eigenvalue weighted by atomic mass is 9.86. The second-order valence-corrected chi connectivity index (χ2v) is 5.64. The maximum Gasteiger partial charge on any atom is 0.220 e. The summed E-state index contributed by atoms with van der Waals surface area (Å²) in [6.45, 7) is 6.17. The van der Waals surface area contributed by atoms with Crippen LogP contribution < -0.4 is 5.73 Å². The number of likely N-dealkylation sites (tertiary alicyclic amines) is 1. The molecule has 2 aliphatic rings. The Bertz CT molecular complexity index is 269. The standard InChI is InChI=1S/C14H26N2O2/c1-2-13(11-5-9-18-10-6-11)16-7-3-12(4-8-16)14(15)17/h11-13H,2-10H2,1H3,(H2,15,17). The molecular formula is C14H26N2O2. The van der Waals surface area contributed by atoms with Gasteiger partial charge in [-0.05, 0) is 51.1 Å². The van der Waals surface area contributed by atoms with Gasteiger partial charge in [-0.2, -0.15) is 0 Å². The van der Waals surface area contributed by atoms with Crippen molar-refractivity contribution in [2.75, 3.05) is 26.3 Å². The van der Waals surface area contributed by atoms with Crippen molar-refractivity contribution in [1.82, 2.24) is 4.90 Å². The fourth-order valence-corrected chi connectivity index (χ4v) is 3.51. The molecule has 1 atom stereocenters. The predicted molar refractivity (Wildman–Crippen MR) is 71.1 cm³/mol. The van der Waals surface area contributed by atoms with Gasteiger partial charge in [0.05, 0.1) is 0 Å². The molecule has 2 N–H and O–H groups in total. The molecule has 2 rings (SSSR count). The minimum atomic E-state index is -0.117. The summed E-state index contributed by atoms with van der Waals surface area (Å²) in [5.41, 5.74) is 5.39. The summed E-state index contributed by atoms with van der Waals surface area (Å²) < 4.78 is 5.45. The minimum Gasteiger partial charge on any atom is -0.381 e. The SMILES string of the molecule is CCC(C1CCOCC1)N1CCC(C(N)=O)CC1. The van der Waals surface area contributed by atoms with Gasteiger partial charge in [-0.15, -0.1) is 0 Å². The third-order valence-corrected chi connectivity index (χ3v) is 4.63. The van der Waals surface area contributed by atoms with E-state index in [0.29, 0.717) is 6.04 Å². The zero-order valence-corrected chi connectivity index (χ0v) is 11.4. The monoisotopic (exact) mass is 254 g/mol. The van der Waals surface area contributed by atoms with E-state index in [9.17, 15) is 4.79 Å². The smallest absolute Gasteiger partial charge is 0.220 e. The van der Waals surface area contributed by atoms with Crippen LogP contribution in [-0.2, 0) is 9.53 Å². The van der Waals surface area contributed by atoms with E-state index in [1.54, 1.807) is 0 Å². The highest BCUT2D eigenvalue weighted by atomic mass is 16.5. The van der Waals surface area contributed by atoms with Gasteiger partial charge in [0.1, 0.15) is 0 Å². The van der Waals surface area contributed by atoms with E-state index >= 15 is 0 Å². The lowest BCUT2D eigenvalue weighted by Crippen LogP contribution is -2.47. The maximum atomic E-state index is 11.2. The molecule has 2 fully saturated rings. The molecule has 2 aliphatic heterocycles. The van der Waals surface area contributed by atoms with Crippen LogP contribution in [0.4, 0.5) is 0 Å². The number of nitrogens with two attached hydrogens (primary N) is 1. The number of carbonyl (C=O) groups is 1. The molecule has 4 nitrogen and oxygen atoms in total. The molecule has 0 radical (unpaired) electrons. The van der Waals surface area contributed by atoms with Crippen LogP contribution in [0.3, 0.4) is 0 Å². The first-order valence-corrected chi connectivity index (χ1v) is 7.33. The molecule has 2 saturated heterocycles. The number of carbonyl (C=O) groups excluding carboxylic acids is 1. The van der Waals surface area contributed by atoms with Crippen LogP contribution in [0.5, 0.6) is 0 Å². The normalized spacial score (nSPS) is 26.1. The molecule has 2 heterocycles. The van der Waals surface area contributed by atoms with Crippen LogP contribution in [0.1, 0.15) is 39.0 Å². The van der Waals surface area contributed by atoms with Gasteiger partial charge in [0, 0.05) is 25.2 Å². The molecule has 18 heavy (non-hydrogen) atoms. The Morgan fingerprint density at radius 2 is 1.89 bits per heavy atom. The summed E-state index contributed by atoms with van der Waals surface area (Å²) in [5, 5.41) is 0. The van der Waals surface area contributed by atoms with Crippen molar-refractivity contribution in [1.29, 1.82) is 0 Å². The maximum absolute atomic E-state index is 11.2. The Balaban J connectivity index is 1.87. The largest absolute Gasteiger partial charge is 0.381 e. The van der Waals surface area contributed by atoms with Crippen LogP contribution in [0, 0.1) is 11.8 Å². The second-order valence-electron chi connectivity index (χ2n) is 5.64. The third-order valence-electron chi connectivity index (χ3n) is 4.63. The summed E-state index contributed by atoms with van der Waals surface area (Å²) in [6.07, 6.45) is 5.46. The summed E-state index contributed by atoms with van der Waals surface area (Å²) >= 11 is 0. The van der Waals surface area contributed by atoms with Gasteiger partial charge in [-0.3, -0.25) is 4.79 Å². The van der Waals surface area contributed by atoms with Crippen LogP contribution in [0.15, 0.2) is 0 Å². The highest BCUT2D eigenvalue weighted by Gasteiger charge is 2.31. The first-order chi connectivity index (χ1) is 8.72. The molecule has 0 aromatic carbocycles. The van der Waals surface area contributed by atoms with Crippen LogP contribution in [0.2, 0.25) is 0 Å². The van der Waals surface area contributed by atoms with Gasteiger partial charge in [-0.25, -0.2) is 0 Å². The van der Waals surface area contributed by atoms with Crippen LogP contribution in [-0.4, -0.2) is 43.2 Å². The molecule has 104 valence electrons. The highest BCUT2D eigenvalue weighted by molar-refractivity contribution is 5.76. The Morgan fingerprint density at radius 1 is 1.28 bits per heavy atom. The molecule has 0 saturated carbocycles. The van der Waals surface area contributed by atoms with Gasteiger partial charge >= 0.3 is 0 Å². The molecule has 0 aromatic rings. The fourth-order valence-electron chi connectivity index (χ4n) is 3.51. The van der Waals surface area contributed by atoms with Crippen molar-refractivity contribution in [2.45, 2.75) is 45.1 Å². The van der Waals surface area contributed by atoms with Crippen LogP contribution >= 0.6 is 0 Å².